The molecular weight excluding hydrogens is 218 g/mol. The third-order valence-corrected chi connectivity index (χ3v) is 0.542. The summed E-state index contributed by atoms with van der Waals surface area (Å²) in [7, 11) is 0. The maximum atomic E-state index is 9.75. The molecule has 0 bridgehead atoms. The predicted octanol–water partition coefficient (Wildman–Crippen LogP) is 0.863. The number of carboxylic acid groups (broad SMARTS) is 1. The monoisotopic (exact) mass is 226 g/mol. The molecule has 0 saturated heterocycles. The van der Waals surface area contributed by atoms with Crippen LogP contribution in [0.2, 0.25) is 0 Å². The van der Waals surface area contributed by atoms with Crippen LogP contribution in [0.3, 0.4) is 0 Å². The van der Waals surface area contributed by atoms with E-state index in [1.165, 1.54) is 6.08 Å². The topological polar surface area (TPSA) is 37.3 Å². The van der Waals surface area contributed by atoms with E-state index in [4.69, 9.17) is 8.87 Å². The SMILES string of the molecule is C/C=C/C=C/C(=O)O.[Cl][K].[KH]. The van der Waals surface area contributed by atoms with Gasteiger partial charge in [0.25, 0.3) is 0 Å². The Balaban J connectivity index is -0.000000196. The number of hydrogen-bond acceptors (Lipinski definition) is 1. The Hall–Kier alpha value is 2.51. The Labute approximate surface area is 145 Å². The van der Waals surface area contributed by atoms with E-state index in [1.807, 2.05) is 6.92 Å². The van der Waals surface area contributed by atoms with Gasteiger partial charge < -0.3 is 5.11 Å². The van der Waals surface area contributed by atoms with Crippen molar-refractivity contribution in [3.8, 4) is 0 Å². The van der Waals surface area contributed by atoms with E-state index in [0.717, 1.165) is 6.08 Å². The van der Waals surface area contributed by atoms with Crippen molar-refractivity contribution >= 4 is 108 Å². The standard InChI is InChI=1S/C6H8O2.ClH.2K.H/c1-2-3-4-5-6(7)8;;;;/h2-5H,1H3,(H,7,8);1H;;;/q;;;+1;/p-1/b3-2+,5-4+;;;;. The molecule has 0 saturated carbocycles. The third kappa shape index (κ3) is 24.5. The second kappa shape index (κ2) is 18.3. The van der Waals surface area contributed by atoms with Crippen LogP contribution in [0, 0.1) is 0 Å². The van der Waals surface area contributed by atoms with Crippen LogP contribution in [0.4, 0.5) is 0 Å². The van der Waals surface area contributed by atoms with Crippen molar-refractivity contribution in [2.75, 3.05) is 0 Å². The van der Waals surface area contributed by atoms with Gasteiger partial charge in [0.05, 0.1) is 0 Å². The number of carboxylic acids is 1. The second-order valence-electron chi connectivity index (χ2n) is 1.22. The van der Waals surface area contributed by atoms with Crippen molar-refractivity contribution in [3.63, 3.8) is 0 Å². The minimum atomic E-state index is -0.914. The number of allylic oxidation sites excluding steroid dienone is 3. The molecule has 0 aromatic heterocycles. The molecule has 54 valence electrons. The summed E-state index contributed by atoms with van der Waals surface area (Å²) in [6, 6.07) is 0. The first kappa shape index (κ1) is 19.1. The van der Waals surface area contributed by atoms with Crippen LogP contribution in [0.15, 0.2) is 24.3 Å². The summed E-state index contributed by atoms with van der Waals surface area (Å²) in [4.78, 5) is 9.75. The zero-order chi connectivity index (χ0) is 8.41. The van der Waals surface area contributed by atoms with Gasteiger partial charge >= 0.3 is 108 Å². The van der Waals surface area contributed by atoms with E-state index in [-0.39, 0.29) is 51.4 Å². The van der Waals surface area contributed by atoms with Gasteiger partial charge in [0, 0.05) is 6.08 Å². The molecule has 0 aliphatic rings. The molecule has 0 spiro atoms. The average molecular weight is 227 g/mol. The van der Waals surface area contributed by atoms with Crippen LogP contribution >= 0.6 is 3.76 Å². The van der Waals surface area contributed by atoms with Gasteiger partial charge in [0.1, 0.15) is 0 Å². The Morgan fingerprint density at radius 1 is 1.45 bits per heavy atom. The van der Waals surface area contributed by atoms with E-state index in [2.05, 4.69) is 0 Å². The average Bonchev–Trinajstić information content (AvgIpc) is 1.92. The molecule has 0 radical (unpaired) electrons. The van der Waals surface area contributed by atoms with Gasteiger partial charge in [-0.2, -0.15) is 0 Å². The Bertz CT molecular complexity index is 135. The normalized spacial score (nSPS) is 8.73. The molecule has 0 heterocycles. The van der Waals surface area contributed by atoms with Gasteiger partial charge in [0.2, 0.25) is 0 Å². The zero-order valence-electron chi connectivity index (χ0n) is 6.04. The molecule has 0 rings (SSSR count). The van der Waals surface area contributed by atoms with Crippen LogP contribution in [0.25, 0.3) is 0 Å². The molecule has 11 heavy (non-hydrogen) atoms. The first-order valence-electron chi connectivity index (χ1n) is 2.67. The fourth-order valence-electron chi connectivity index (χ4n) is 0.249. The van der Waals surface area contributed by atoms with Crippen molar-refractivity contribution in [2.45, 2.75) is 6.92 Å². The van der Waals surface area contributed by atoms with E-state index in [1.54, 1.807) is 12.2 Å². The van der Waals surface area contributed by atoms with Gasteiger partial charge in [-0.15, -0.1) is 0 Å². The molecule has 0 aromatic rings. The summed E-state index contributed by atoms with van der Waals surface area (Å²) in [5, 5.41) is 8.02. The van der Waals surface area contributed by atoms with E-state index >= 15 is 0 Å². The summed E-state index contributed by atoms with van der Waals surface area (Å²) in [6.45, 7) is 1.83. The molecule has 2 nitrogen and oxygen atoms in total. The van der Waals surface area contributed by atoms with Crippen molar-refractivity contribution < 1.29 is 9.90 Å². The second-order valence-corrected chi connectivity index (χ2v) is 1.22. The van der Waals surface area contributed by atoms with Gasteiger partial charge in [-0.3, -0.25) is 0 Å². The van der Waals surface area contributed by atoms with Crippen LogP contribution in [-0.2, 0) is 4.79 Å². The molecule has 0 atom stereocenters. The van der Waals surface area contributed by atoms with Crippen molar-refractivity contribution in [2.24, 2.45) is 0 Å². The zero-order valence-corrected chi connectivity index (χ0v) is 9.92. The maximum absolute atomic E-state index is 9.75. The van der Waals surface area contributed by atoms with Crippen molar-refractivity contribution in [1.82, 2.24) is 0 Å². The fraction of sp³-hybridized carbons (Fsp3) is 0.167. The molecule has 1 N–H and O–H groups in total. The Kier molecular flexibility index (Phi) is 31.9. The Morgan fingerprint density at radius 2 is 1.91 bits per heavy atom. The van der Waals surface area contributed by atoms with Crippen LogP contribution < -0.4 is 0 Å². The van der Waals surface area contributed by atoms with Crippen LogP contribution in [0.1, 0.15) is 6.92 Å². The number of hydrogen-bond donors (Lipinski definition) is 1. The number of aliphatic carboxylic acids is 1. The van der Waals surface area contributed by atoms with E-state index < -0.39 is 5.97 Å². The van der Waals surface area contributed by atoms with Crippen molar-refractivity contribution in [3.05, 3.63) is 24.3 Å². The molecule has 0 unspecified atom stereocenters. The van der Waals surface area contributed by atoms with E-state index in [0.29, 0.717) is 47.1 Å². The van der Waals surface area contributed by atoms with Gasteiger partial charge in [-0.05, 0) is 6.92 Å². The minimum absolute atomic E-state index is 0. The van der Waals surface area contributed by atoms with E-state index in [9.17, 15) is 4.79 Å². The van der Waals surface area contributed by atoms with Gasteiger partial charge in [0.15, 0.2) is 0 Å². The predicted molar refractivity (Wildman–Crippen MR) is 50.3 cm³/mol. The van der Waals surface area contributed by atoms with Crippen molar-refractivity contribution in [1.29, 1.82) is 0 Å². The number of carbonyl (C=O) groups is 1. The molecular formula is C6H9ClK2O2. The number of halogens is 1. The summed E-state index contributed by atoms with van der Waals surface area (Å²) in [5.74, 6) is -0.914. The number of rotatable bonds is 2. The molecule has 0 amide bonds. The summed E-state index contributed by atoms with van der Waals surface area (Å²) >= 11 is 0.535. The van der Waals surface area contributed by atoms with Gasteiger partial charge in [-0.1, -0.05) is 18.2 Å². The quantitative estimate of drug-likeness (QED) is 0.431. The van der Waals surface area contributed by atoms with Crippen LogP contribution in [0.5, 0.6) is 0 Å². The Morgan fingerprint density at radius 3 is 2.18 bits per heavy atom. The third-order valence-electron chi connectivity index (χ3n) is 0.542. The first-order valence-corrected chi connectivity index (χ1v) is 6.97. The molecule has 5 heteroatoms. The molecule has 0 aliphatic heterocycles. The molecule has 0 aromatic carbocycles. The van der Waals surface area contributed by atoms with Gasteiger partial charge in [-0.25, -0.2) is 4.79 Å². The first-order chi connectivity index (χ1) is 4.77. The summed E-state index contributed by atoms with van der Waals surface area (Å²) in [6.07, 6.45) is 5.98. The van der Waals surface area contributed by atoms with Crippen LogP contribution in [-0.4, -0.2) is 110 Å². The summed E-state index contributed by atoms with van der Waals surface area (Å²) in [5.41, 5.74) is 0. The summed E-state index contributed by atoms with van der Waals surface area (Å²) < 4.78 is 4.83. The molecule has 0 fully saturated rings. The molecule has 0 aliphatic carbocycles. The fourth-order valence-corrected chi connectivity index (χ4v) is 0.249.